The van der Waals surface area contributed by atoms with E-state index in [2.05, 4.69) is 0 Å². The highest BCUT2D eigenvalue weighted by Crippen LogP contribution is 2.39. The van der Waals surface area contributed by atoms with Crippen molar-refractivity contribution in [2.45, 2.75) is 46.0 Å². The SMILES string of the molecule is CC(C)C1(C(=O)O)CCN(C(=O)C2CCN(C(=O)N3CCCC3)CC2)C1. The lowest BCUT2D eigenvalue weighted by Crippen LogP contribution is -2.48. The highest BCUT2D eigenvalue weighted by molar-refractivity contribution is 5.83. The third-order valence-corrected chi connectivity index (χ3v) is 6.63. The summed E-state index contributed by atoms with van der Waals surface area (Å²) in [7, 11) is 0. The van der Waals surface area contributed by atoms with Crippen molar-refractivity contribution in [3.8, 4) is 0 Å². The van der Waals surface area contributed by atoms with Crippen molar-refractivity contribution < 1.29 is 19.5 Å². The number of carboxylic acids is 1. The summed E-state index contributed by atoms with van der Waals surface area (Å²) >= 11 is 0. The first-order chi connectivity index (χ1) is 12.3. The van der Waals surface area contributed by atoms with Gasteiger partial charge < -0.3 is 19.8 Å². The van der Waals surface area contributed by atoms with Crippen LogP contribution in [0.2, 0.25) is 0 Å². The summed E-state index contributed by atoms with van der Waals surface area (Å²) in [4.78, 5) is 42.6. The standard InChI is InChI=1S/C19H31N3O4/c1-14(2)19(17(24)25)7-12-22(13-19)16(23)15-5-10-21(11-6-15)18(26)20-8-3-4-9-20/h14-15H,3-13H2,1-2H3,(H,24,25). The molecule has 0 aromatic heterocycles. The molecular formula is C19H31N3O4. The van der Waals surface area contributed by atoms with Gasteiger partial charge in [0.25, 0.3) is 0 Å². The number of carboxylic acid groups (broad SMARTS) is 1. The molecule has 0 saturated carbocycles. The predicted molar refractivity (Wildman–Crippen MR) is 96.6 cm³/mol. The topological polar surface area (TPSA) is 81.2 Å². The molecule has 3 aliphatic rings. The Morgan fingerprint density at radius 3 is 2.00 bits per heavy atom. The molecule has 3 heterocycles. The molecule has 26 heavy (non-hydrogen) atoms. The Balaban J connectivity index is 1.54. The number of urea groups is 1. The van der Waals surface area contributed by atoms with Crippen LogP contribution in [0.1, 0.15) is 46.0 Å². The fourth-order valence-electron chi connectivity index (χ4n) is 4.60. The number of likely N-dealkylation sites (tertiary alicyclic amines) is 3. The van der Waals surface area contributed by atoms with Crippen molar-refractivity contribution in [2.24, 2.45) is 17.3 Å². The number of aliphatic carboxylic acids is 1. The maximum atomic E-state index is 12.9. The molecule has 1 N–H and O–H groups in total. The molecule has 3 saturated heterocycles. The lowest BCUT2D eigenvalue weighted by Gasteiger charge is -2.35. The Morgan fingerprint density at radius 1 is 0.923 bits per heavy atom. The first-order valence-electron chi connectivity index (χ1n) is 9.91. The summed E-state index contributed by atoms with van der Waals surface area (Å²) in [5.74, 6) is -0.817. The van der Waals surface area contributed by atoms with Gasteiger partial charge in [-0.2, -0.15) is 0 Å². The fourth-order valence-corrected chi connectivity index (χ4v) is 4.60. The molecule has 0 bridgehead atoms. The number of nitrogens with zero attached hydrogens (tertiary/aromatic N) is 3. The van der Waals surface area contributed by atoms with Gasteiger partial charge in [-0.1, -0.05) is 13.8 Å². The fraction of sp³-hybridized carbons (Fsp3) is 0.842. The van der Waals surface area contributed by atoms with Gasteiger partial charge in [0.1, 0.15) is 0 Å². The van der Waals surface area contributed by atoms with E-state index in [1.807, 2.05) is 23.6 Å². The van der Waals surface area contributed by atoms with E-state index in [9.17, 15) is 19.5 Å². The third kappa shape index (κ3) is 3.40. The normalized spacial score (nSPS) is 27.4. The van der Waals surface area contributed by atoms with Gasteiger partial charge in [0.15, 0.2) is 0 Å². The minimum Gasteiger partial charge on any atom is -0.481 e. The van der Waals surface area contributed by atoms with Crippen LogP contribution in [0.5, 0.6) is 0 Å². The molecule has 7 nitrogen and oxygen atoms in total. The van der Waals surface area contributed by atoms with E-state index in [0.717, 1.165) is 25.9 Å². The van der Waals surface area contributed by atoms with E-state index in [4.69, 9.17) is 0 Å². The van der Waals surface area contributed by atoms with Crippen LogP contribution in [0.15, 0.2) is 0 Å². The van der Waals surface area contributed by atoms with E-state index in [0.29, 0.717) is 45.4 Å². The van der Waals surface area contributed by atoms with Crippen LogP contribution in [-0.4, -0.2) is 77.0 Å². The second-order valence-electron chi connectivity index (χ2n) is 8.36. The van der Waals surface area contributed by atoms with Crippen LogP contribution in [0, 0.1) is 17.3 Å². The lowest BCUT2D eigenvalue weighted by atomic mass is 9.76. The number of hydrogen-bond donors (Lipinski definition) is 1. The minimum absolute atomic E-state index is 0.00210. The van der Waals surface area contributed by atoms with E-state index in [-0.39, 0.29) is 23.8 Å². The quantitative estimate of drug-likeness (QED) is 0.828. The average molecular weight is 365 g/mol. The molecule has 0 radical (unpaired) electrons. The molecule has 0 aromatic carbocycles. The van der Waals surface area contributed by atoms with Crippen LogP contribution >= 0.6 is 0 Å². The predicted octanol–water partition coefficient (Wildman–Crippen LogP) is 1.87. The molecule has 7 heteroatoms. The third-order valence-electron chi connectivity index (χ3n) is 6.63. The van der Waals surface area contributed by atoms with Crippen molar-refractivity contribution in [1.82, 2.24) is 14.7 Å². The summed E-state index contributed by atoms with van der Waals surface area (Å²) in [6.45, 7) is 7.61. The zero-order chi connectivity index (χ0) is 18.9. The van der Waals surface area contributed by atoms with Gasteiger partial charge in [-0.25, -0.2) is 4.79 Å². The van der Waals surface area contributed by atoms with Gasteiger partial charge >= 0.3 is 12.0 Å². The van der Waals surface area contributed by atoms with Gasteiger partial charge in [0.2, 0.25) is 5.91 Å². The van der Waals surface area contributed by atoms with E-state index < -0.39 is 11.4 Å². The van der Waals surface area contributed by atoms with Crippen LogP contribution in [-0.2, 0) is 9.59 Å². The van der Waals surface area contributed by atoms with Crippen LogP contribution in [0.3, 0.4) is 0 Å². The van der Waals surface area contributed by atoms with Crippen LogP contribution in [0.25, 0.3) is 0 Å². The van der Waals surface area contributed by atoms with E-state index in [1.165, 1.54) is 0 Å². The number of rotatable bonds is 3. The first kappa shape index (κ1) is 19.0. The van der Waals surface area contributed by atoms with Gasteiger partial charge in [0.05, 0.1) is 5.41 Å². The van der Waals surface area contributed by atoms with Gasteiger partial charge in [-0.15, -0.1) is 0 Å². The van der Waals surface area contributed by atoms with E-state index in [1.54, 1.807) is 4.90 Å². The Kier molecular flexibility index (Phi) is 5.44. The maximum absolute atomic E-state index is 12.9. The summed E-state index contributed by atoms with van der Waals surface area (Å²) in [6, 6.07) is 0.110. The van der Waals surface area contributed by atoms with Crippen molar-refractivity contribution >= 4 is 17.9 Å². The van der Waals surface area contributed by atoms with Crippen LogP contribution in [0.4, 0.5) is 4.79 Å². The Labute approximate surface area is 155 Å². The van der Waals surface area contributed by atoms with Crippen molar-refractivity contribution in [2.75, 3.05) is 39.3 Å². The van der Waals surface area contributed by atoms with Crippen LogP contribution < -0.4 is 0 Å². The maximum Gasteiger partial charge on any atom is 0.319 e. The van der Waals surface area contributed by atoms with Gasteiger partial charge in [-0.3, -0.25) is 9.59 Å². The molecule has 3 fully saturated rings. The number of carbonyl (C=O) groups excluding carboxylic acids is 2. The molecule has 0 spiro atoms. The summed E-state index contributed by atoms with van der Waals surface area (Å²) in [5, 5.41) is 9.66. The number of hydrogen-bond acceptors (Lipinski definition) is 3. The largest absolute Gasteiger partial charge is 0.481 e. The monoisotopic (exact) mass is 365 g/mol. The summed E-state index contributed by atoms with van der Waals surface area (Å²) < 4.78 is 0. The first-order valence-corrected chi connectivity index (χ1v) is 9.91. The number of carbonyl (C=O) groups is 3. The molecule has 1 unspecified atom stereocenters. The summed E-state index contributed by atoms with van der Waals surface area (Å²) in [5.41, 5.74) is -0.817. The van der Waals surface area contributed by atoms with Crippen molar-refractivity contribution in [1.29, 1.82) is 0 Å². The molecule has 0 aromatic rings. The lowest BCUT2D eigenvalue weighted by molar-refractivity contribution is -0.151. The summed E-state index contributed by atoms with van der Waals surface area (Å²) in [6.07, 6.45) is 4.04. The minimum atomic E-state index is -0.817. The Bertz CT molecular complexity index is 565. The average Bonchev–Trinajstić information content (AvgIpc) is 3.31. The molecule has 3 aliphatic heterocycles. The molecule has 0 aliphatic carbocycles. The van der Waals surface area contributed by atoms with Crippen molar-refractivity contribution in [3.63, 3.8) is 0 Å². The second-order valence-corrected chi connectivity index (χ2v) is 8.36. The second kappa shape index (κ2) is 7.45. The Hall–Kier alpha value is -1.79. The zero-order valence-corrected chi connectivity index (χ0v) is 15.9. The molecule has 3 amide bonds. The Morgan fingerprint density at radius 2 is 1.50 bits per heavy atom. The van der Waals surface area contributed by atoms with Crippen molar-refractivity contribution in [3.05, 3.63) is 0 Å². The van der Waals surface area contributed by atoms with E-state index >= 15 is 0 Å². The molecule has 3 rings (SSSR count). The number of amides is 3. The smallest absolute Gasteiger partial charge is 0.319 e. The molecule has 1 atom stereocenters. The molecule has 146 valence electrons. The highest BCUT2D eigenvalue weighted by atomic mass is 16.4. The highest BCUT2D eigenvalue weighted by Gasteiger charge is 2.49. The zero-order valence-electron chi connectivity index (χ0n) is 15.9. The molecular weight excluding hydrogens is 334 g/mol. The van der Waals surface area contributed by atoms with Gasteiger partial charge in [-0.05, 0) is 38.0 Å². The van der Waals surface area contributed by atoms with Gasteiger partial charge in [0, 0.05) is 45.2 Å². The number of piperidine rings is 1.